The summed E-state index contributed by atoms with van der Waals surface area (Å²) in [6, 6.07) is 1.99. The fourth-order valence-electron chi connectivity index (χ4n) is 2.01. The highest BCUT2D eigenvalue weighted by Crippen LogP contribution is 2.17. The van der Waals surface area contributed by atoms with Gasteiger partial charge >= 0.3 is 0 Å². The molecule has 0 fully saturated rings. The standard InChI is InChI=1S/C15H29N5S/c1-5-9-16-13-12-14(19-15(18-13)21-4)17-10-8-11-20(6-2)7-3/h12H,5-11H2,1-4H3,(H2,16,17,18,19). The van der Waals surface area contributed by atoms with Crippen molar-refractivity contribution in [1.82, 2.24) is 14.9 Å². The molecule has 0 radical (unpaired) electrons. The van der Waals surface area contributed by atoms with Crippen LogP contribution in [0.5, 0.6) is 0 Å². The molecule has 0 saturated carbocycles. The van der Waals surface area contributed by atoms with E-state index in [4.69, 9.17) is 0 Å². The molecule has 2 N–H and O–H groups in total. The van der Waals surface area contributed by atoms with Crippen LogP contribution >= 0.6 is 11.8 Å². The zero-order valence-electron chi connectivity index (χ0n) is 13.8. The molecule has 0 unspecified atom stereocenters. The molecule has 120 valence electrons. The Bertz CT molecular complexity index is 396. The number of rotatable bonds is 11. The van der Waals surface area contributed by atoms with Crippen LogP contribution in [-0.4, -0.2) is 53.8 Å². The molecule has 0 aliphatic rings. The van der Waals surface area contributed by atoms with E-state index < -0.39 is 0 Å². The van der Waals surface area contributed by atoms with E-state index in [-0.39, 0.29) is 0 Å². The van der Waals surface area contributed by atoms with E-state index in [0.29, 0.717) is 0 Å². The van der Waals surface area contributed by atoms with Gasteiger partial charge < -0.3 is 15.5 Å². The summed E-state index contributed by atoms with van der Waals surface area (Å²) in [5.74, 6) is 1.81. The van der Waals surface area contributed by atoms with E-state index in [2.05, 4.69) is 46.3 Å². The Balaban J connectivity index is 2.49. The molecule has 0 bridgehead atoms. The minimum absolute atomic E-state index is 0.808. The molecule has 0 aliphatic carbocycles. The zero-order chi connectivity index (χ0) is 15.5. The lowest BCUT2D eigenvalue weighted by atomic mass is 10.3. The Labute approximate surface area is 133 Å². The normalized spacial score (nSPS) is 10.9. The predicted molar refractivity (Wildman–Crippen MR) is 93.5 cm³/mol. The highest BCUT2D eigenvalue weighted by Gasteiger charge is 2.04. The molecule has 0 atom stereocenters. The van der Waals surface area contributed by atoms with Crippen LogP contribution in [0.2, 0.25) is 0 Å². The molecular weight excluding hydrogens is 282 g/mol. The quantitative estimate of drug-likeness (QED) is 0.372. The summed E-state index contributed by atoms with van der Waals surface area (Å²) in [6.45, 7) is 11.8. The van der Waals surface area contributed by atoms with E-state index in [1.165, 1.54) is 0 Å². The topological polar surface area (TPSA) is 53.1 Å². The van der Waals surface area contributed by atoms with Gasteiger partial charge in [0.15, 0.2) is 5.16 Å². The van der Waals surface area contributed by atoms with Crippen molar-refractivity contribution in [2.24, 2.45) is 0 Å². The summed E-state index contributed by atoms with van der Waals surface area (Å²) in [4.78, 5) is 11.4. The fourth-order valence-corrected chi connectivity index (χ4v) is 2.39. The van der Waals surface area contributed by atoms with Gasteiger partial charge in [-0.25, -0.2) is 9.97 Å². The van der Waals surface area contributed by atoms with E-state index >= 15 is 0 Å². The number of thioether (sulfide) groups is 1. The minimum atomic E-state index is 0.808. The average molecular weight is 311 g/mol. The summed E-state index contributed by atoms with van der Waals surface area (Å²) < 4.78 is 0. The van der Waals surface area contributed by atoms with Crippen molar-refractivity contribution in [3.8, 4) is 0 Å². The summed E-state index contributed by atoms with van der Waals surface area (Å²) in [6.07, 6.45) is 4.21. The van der Waals surface area contributed by atoms with Gasteiger partial charge in [-0.1, -0.05) is 32.5 Å². The lowest BCUT2D eigenvalue weighted by Crippen LogP contribution is -2.25. The maximum atomic E-state index is 4.50. The van der Waals surface area contributed by atoms with Crippen molar-refractivity contribution in [1.29, 1.82) is 0 Å². The van der Waals surface area contributed by atoms with Crippen molar-refractivity contribution in [3.63, 3.8) is 0 Å². The summed E-state index contributed by atoms with van der Waals surface area (Å²) in [5.41, 5.74) is 0. The largest absolute Gasteiger partial charge is 0.370 e. The van der Waals surface area contributed by atoms with Crippen LogP contribution in [0.3, 0.4) is 0 Å². The van der Waals surface area contributed by atoms with Gasteiger partial charge in [0.25, 0.3) is 0 Å². The number of nitrogens with one attached hydrogen (secondary N) is 2. The van der Waals surface area contributed by atoms with E-state index in [1.807, 2.05) is 12.3 Å². The van der Waals surface area contributed by atoms with Gasteiger partial charge in [-0.05, 0) is 38.7 Å². The SMILES string of the molecule is CCCNc1cc(NCCCN(CC)CC)nc(SC)n1. The molecule has 1 rings (SSSR count). The number of hydrogen-bond acceptors (Lipinski definition) is 6. The Morgan fingerprint density at radius 2 is 1.67 bits per heavy atom. The Kier molecular flexibility index (Phi) is 9.17. The number of anilines is 2. The van der Waals surface area contributed by atoms with Gasteiger partial charge in [-0.15, -0.1) is 0 Å². The summed E-state index contributed by atoms with van der Waals surface area (Å²) in [7, 11) is 0. The van der Waals surface area contributed by atoms with Crippen LogP contribution in [0.25, 0.3) is 0 Å². The highest BCUT2D eigenvalue weighted by atomic mass is 32.2. The molecule has 6 heteroatoms. The monoisotopic (exact) mass is 311 g/mol. The third kappa shape index (κ3) is 7.00. The first kappa shape index (κ1) is 18.0. The molecule has 5 nitrogen and oxygen atoms in total. The molecule has 1 heterocycles. The maximum Gasteiger partial charge on any atom is 0.191 e. The van der Waals surface area contributed by atoms with Crippen molar-refractivity contribution in [2.75, 3.05) is 49.6 Å². The minimum Gasteiger partial charge on any atom is -0.370 e. The molecular formula is C15H29N5S. The van der Waals surface area contributed by atoms with Gasteiger partial charge in [-0.3, -0.25) is 0 Å². The second-order valence-corrected chi connectivity index (χ2v) is 5.63. The lowest BCUT2D eigenvalue weighted by molar-refractivity contribution is 0.303. The molecule has 21 heavy (non-hydrogen) atoms. The van der Waals surface area contributed by atoms with Crippen LogP contribution in [0.15, 0.2) is 11.2 Å². The van der Waals surface area contributed by atoms with Gasteiger partial charge in [-0.2, -0.15) is 0 Å². The summed E-state index contributed by atoms with van der Waals surface area (Å²) in [5, 5.41) is 7.54. The second-order valence-electron chi connectivity index (χ2n) is 4.86. The number of aromatic nitrogens is 2. The van der Waals surface area contributed by atoms with E-state index in [0.717, 1.165) is 62.4 Å². The highest BCUT2D eigenvalue weighted by molar-refractivity contribution is 7.98. The molecule has 0 aliphatic heterocycles. The second kappa shape index (κ2) is 10.7. The first-order valence-electron chi connectivity index (χ1n) is 7.86. The molecule has 0 aromatic carbocycles. The first-order chi connectivity index (χ1) is 10.2. The number of hydrogen-bond donors (Lipinski definition) is 2. The number of nitrogens with zero attached hydrogens (tertiary/aromatic N) is 3. The third-order valence-electron chi connectivity index (χ3n) is 3.30. The van der Waals surface area contributed by atoms with Crippen molar-refractivity contribution < 1.29 is 0 Å². The molecule has 1 aromatic rings. The maximum absolute atomic E-state index is 4.50. The van der Waals surface area contributed by atoms with Crippen LogP contribution < -0.4 is 10.6 Å². The summed E-state index contributed by atoms with van der Waals surface area (Å²) >= 11 is 1.57. The zero-order valence-corrected chi connectivity index (χ0v) is 14.6. The lowest BCUT2D eigenvalue weighted by Gasteiger charge is -2.18. The van der Waals surface area contributed by atoms with Crippen LogP contribution in [0.1, 0.15) is 33.6 Å². The van der Waals surface area contributed by atoms with Gasteiger partial charge in [0.1, 0.15) is 11.6 Å². The Hall–Kier alpha value is -1.01. The molecule has 0 saturated heterocycles. The molecule has 0 amide bonds. The Morgan fingerprint density at radius 1 is 1.05 bits per heavy atom. The average Bonchev–Trinajstić information content (AvgIpc) is 2.52. The fraction of sp³-hybridized carbons (Fsp3) is 0.733. The van der Waals surface area contributed by atoms with Crippen molar-refractivity contribution in [3.05, 3.63) is 6.07 Å². The molecule has 0 spiro atoms. The van der Waals surface area contributed by atoms with Crippen molar-refractivity contribution in [2.45, 2.75) is 38.8 Å². The van der Waals surface area contributed by atoms with Gasteiger partial charge in [0, 0.05) is 19.2 Å². The first-order valence-corrected chi connectivity index (χ1v) is 9.09. The van der Waals surface area contributed by atoms with Crippen molar-refractivity contribution >= 4 is 23.4 Å². The third-order valence-corrected chi connectivity index (χ3v) is 3.84. The van der Waals surface area contributed by atoms with E-state index in [9.17, 15) is 0 Å². The predicted octanol–water partition coefficient (Wildman–Crippen LogP) is 3.16. The smallest absolute Gasteiger partial charge is 0.191 e. The van der Waals surface area contributed by atoms with Gasteiger partial charge in [0.05, 0.1) is 0 Å². The van der Waals surface area contributed by atoms with Crippen LogP contribution in [-0.2, 0) is 0 Å². The molecule has 1 aromatic heterocycles. The van der Waals surface area contributed by atoms with Crippen LogP contribution in [0, 0.1) is 0 Å². The Morgan fingerprint density at radius 3 is 2.19 bits per heavy atom. The van der Waals surface area contributed by atoms with Crippen LogP contribution in [0.4, 0.5) is 11.6 Å². The van der Waals surface area contributed by atoms with E-state index in [1.54, 1.807) is 11.8 Å². The van der Waals surface area contributed by atoms with Gasteiger partial charge in [0.2, 0.25) is 0 Å².